The summed E-state index contributed by atoms with van der Waals surface area (Å²) in [6, 6.07) is 3.92. The minimum atomic E-state index is 0. The first-order valence-electron chi connectivity index (χ1n) is 7.30. The topological polar surface area (TPSA) is 38.7 Å². The number of pyridine rings is 3. The molecule has 0 fully saturated rings. The molecule has 7 heteroatoms. The second kappa shape index (κ2) is 8.09. The van der Waals surface area contributed by atoms with Gasteiger partial charge in [0.1, 0.15) is 10.3 Å². The molecular weight excluding hydrogens is 466 g/mol. The molecule has 0 N–H and O–H groups in total. The maximum atomic E-state index is 6.38. The number of aryl methyl sites for hydroxylation is 2. The Morgan fingerprint density at radius 2 is 1.52 bits per heavy atom. The summed E-state index contributed by atoms with van der Waals surface area (Å²) in [6.07, 6.45) is 5.35. The van der Waals surface area contributed by atoms with Crippen molar-refractivity contribution < 1.29 is 19.5 Å². The Bertz CT molecular complexity index is 945. The molecule has 3 aromatic rings. The molecule has 3 aromatic heterocycles. The van der Waals surface area contributed by atoms with E-state index < -0.39 is 0 Å². The molecule has 0 aliphatic carbocycles. The minimum absolute atomic E-state index is 0. The summed E-state index contributed by atoms with van der Waals surface area (Å²) >= 11 is 18.7. The van der Waals surface area contributed by atoms with Gasteiger partial charge in [-0.2, -0.15) is 0 Å². The zero-order chi connectivity index (χ0) is 17.4. The van der Waals surface area contributed by atoms with E-state index in [1.165, 1.54) is 0 Å². The standard InChI is InChI=1S/C18H14Cl3N3.Ru/c1-9-4-6-22-8-12(9)13-10(2)5-7-23-16(13)14-11(3)15(19)18(21)24-17(14)20;/h4-8H,1-3H3;. The normalized spacial score (nSPS) is 10.5. The maximum Gasteiger partial charge on any atom is 0.149 e. The fraction of sp³-hybridized carbons (Fsp3) is 0.167. The van der Waals surface area contributed by atoms with Crippen LogP contribution in [0.4, 0.5) is 0 Å². The van der Waals surface area contributed by atoms with Crippen LogP contribution in [0.5, 0.6) is 0 Å². The van der Waals surface area contributed by atoms with Crippen LogP contribution in [0.2, 0.25) is 15.3 Å². The quantitative estimate of drug-likeness (QED) is 0.330. The van der Waals surface area contributed by atoms with Gasteiger partial charge in [-0.25, -0.2) is 4.98 Å². The summed E-state index contributed by atoms with van der Waals surface area (Å²) in [6.45, 7) is 5.93. The molecule has 0 aliphatic heterocycles. The van der Waals surface area contributed by atoms with Gasteiger partial charge < -0.3 is 0 Å². The number of aromatic nitrogens is 3. The predicted octanol–water partition coefficient (Wildman–Crippen LogP) is 6.09. The van der Waals surface area contributed by atoms with Crippen LogP contribution >= 0.6 is 34.8 Å². The van der Waals surface area contributed by atoms with Crippen molar-refractivity contribution in [3.05, 3.63) is 62.7 Å². The maximum absolute atomic E-state index is 6.38. The Morgan fingerprint density at radius 3 is 2.20 bits per heavy atom. The smallest absolute Gasteiger partial charge is 0.149 e. The molecule has 0 atom stereocenters. The van der Waals surface area contributed by atoms with E-state index in [2.05, 4.69) is 15.0 Å². The van der Waals surface area contributed by atoms with Crippen LogP contribution in [0.15, 0.2) is 30.7 Å². The third kappa shape index (κ3) is 3.73. The fourth-order valence-electron chi connectivity index (χ4n) is 2.70. The van der Waals surface area contributed by atoms with Gasteiger partial charge in [-0.3, -0.25) is 9.97 Å². The van der Waals surface area contributed by atoms with E-state index in [4.69, 9.17) is 34.8 Å². The van der Waals surface area contributed by atoms with E-state index >= 15 is 0 Å². The SMILES string of the molecule is Cc1ccncc1-c1c(C)ccnc1-c1c(Cl)nc(Cl)c(Cl)c1C.[Ru]. The van der Waals surface area contributed by atoms with Crippen molar-refractivity contribution in [1.82, 2.24) is 15.0 Å². The molecule has 0 aromatic carbocycles. The van der Waals surface area contributed by atoms with Crippen molar-refractivity contribution in [2.45, 2.75) is 20.8 Å². The number of halogens is 3. The Labute approximate surface area is 174 Å². The first-order chi connectivity index (χ1) is 11.4. The summed E-state index contributed by atoms with van der Waals surface area (Å²) in [5, 5.41) is 0.853. The summed E-state index contributed by atoms with van der Waals surface area (Å²) in [5.74, 6) is 0. The van der Waals surface area contributed by atoms with Crippen LogP contribution in [0.25, 0.3) is 22.4 Å². The van der Waals surface area contributed by atoms with Gasteiger partial charge in [-0.05, 0) is 49.6 Å². The van der Waals surface area contributed by atoms with Crippen LogP contribution in [0, 0.1) is 20.8 Å². The number of hydrogen-bond acceptors (Lipinski definition) is 3. The van der Waals surface area contributed by atoms with Crippen molar-refractivity contribution >= 4 is 34.8 Å². The Morgan fingerprint density at radius 1 is 0.840 bits per heavy atom. The molecule has 0 saturated heterocycles. The second-order valence-electron chi connectivity index (χ2n) is 5.55. The third-order valence-electron chi connectivity index (χ3n) is 3.99. The van der Waals surface area contributed by atoms with Crippen LogP contribution in [-0.2, 0) is 19.5 Å². The van der Waals surface area contributed by atoms with E-state index in [9.17, 15) is 0 Å². The molecule has 3 heterocycles. The van der Waals surface area contributed by atoms with Gasteiger partial charge in [-0.1, -0.05) is 34.8 Å². The fourth-order valence-corrected chi connectivity index (χ4v) is 3.42. The molecule has 0 aliphatic rings. The van der Waals surface area contributed by atoms with Crippen LogP contribution in [-0.4, -0.2) is 15.0 Å². The zero-order valence-electron chi connectivity index (χ0n) is 13.7. The summed E-state index contributed by atoms with van der Waals surface area (Å²) in [5.41, 5.74) is 6.30. The van der Waals surface area contributed by atoms with E-state index in [1.807, 2.05) is 39.1 Å². The van der Waals surface area contributed by atoms with Gasteiger partial charge in [0.2, 0.25) is 0 Å². The molecule has 0 radical (unpaired) electrons. The average molecular weight is 480 g/mol. The van der Waals surface area contributed by atoms with Gasteiger partial charge in [0, 0.05) is 54.8 Å². The molecule has 0 amide bonds. The molecule has 3 nitrogen and oxygen atoms in total. The molecule has 0 bridgehead atoms. The van der Waals surface area contributed by atoms with Crippen LogP contribution in [0.3, 0.4) is 0 Å². The monoisotopic (exact) mass is 479 g/mol. The summed E-state index contributed by atoms with van der Waals surface area (Å²) < 4.78 is 0. The Kier molecular flexibility index (Phi) is 6.56. The third-order valence-corrected chi connectivity index (χ3v) is 5.10. The van der Waals surface area contributed by atoms with Gasteiger partial charge >= 0.3 is 0 Å². The first kappa shape index (κ1) is 20.3. The Balaban J connectivity index is 0.00000225. The molecule has 25 heavy (non-hydrogen) atoms. The first-order valence-corrected chi connectivity index (χ1v) is 8.43. The predicted molar refractivity (Wildman–Crippen MR) is 99.9 cm³/mol. The number of nitrogens with zero attached hydrogens (tertiary/aromatic N) is 3. The van der Waals surface area contributed by atoms with E-state index in [-0.39, 0.29) is 29.8 Å². The second-order valence-corrected chi connectivity index (χ2v) is 6.64. The van der Waals surface area contributed by atoms with Crippen molar-refractivity contribution in [1.29, 1.82) is 0 Å². The van der Waals surface area contributed by atoms with E-state index in [0.717, 1.165) is 33.5 Å². The minimum Gasteiger partial charge on any atom is -0.264 e. The van der Waals surface area contributed by atoms with E-state index in [1.54, 1.807) is 12.4 Å². The van der Waals surface area contributed by atoms with Crippen molar-refractivity contribution in [2.75, 3.05) is 0 Å². The van der Waals surface area contributed by atoms with Crippen molar-refractivity contribution in [3.63, 3.8) is 0 Å². The number of rotatable bonds is 2. The molecule has 0 spiro atoms. The van der Waals surface area contributed by atoms with E-state index in [0.29, 0.717) is 10.6 Å². The summed E-state index contributed by atoms with van der Waals surface area (Å²) in [4.78, 5) is 13.0. The number of hydrogen-bond donors (Lipinski definition) is 0. The molecule has 130 valence electrons. The average Bonchev–Trinajstić information content (AvgIpc) is 2.54. The molecule has 0 unspecified atom stereocenters. The van der Waals surface area contributed by atoms with Gasteiger partial charge in [0.25, 0.3) is 0 Å². The largest absolute Gasteiger partial charge is 0.264 e. The van der Waals surface area contributed by atoms with Crippen molar-refractivity contribution in [2.24, 2.45) is 0 Å². The summed E-state index contributed by atoms with van der Waals surface area (Å²) in [7, 11) is 0. The molecular formula is C18H14Cl3N3Ru. The van der Waals surface area contributed by atoms with Gasteiger partial charge in [0.05, 0.1) is 10.7 Å². The van der Waals surface area contributed by atoms with Crippen molar-refractivity contribution in [3.8, 4) is 22.4 Å². The van der Waals surface area contributed by atoms with Gasteiger partial charge in [-0.15, -0.1) is 0 Å². The molecule has 3 rings (SSSR count). The van der Waals surface area contributed by atoms with Crippen LogP contribution in [0.1, 0.15) is 16.7 Å². The molecule has 0 saturated carbocycles. The zero-order valence-corrected chi connectivity index (χ0v) is 17.7. The Hall–Kier alpha value is -1.06. The van der Waals surface area contributed by atoms with Crippen LogP contribution < -0.4 is 0 Å². The van der Waals surface area contributed by atoms with Gasteiger partial charge in [0.15, 0.2) is 0 Å².